The summed E-state index contributed by atoms with van der Waals surface area (Å²) in [6.45, 7) is 18.8. The Morgan fingerprint density at radius 2 is 0.857 bits per heavy atom. The zero-order valence-corrected chi connectivity index (χ0v) is 11.6. The first-order chi connectivity index (χ1) is 6.05. The van der Waals surface area contributed by atoms with Crippen LogP contribution in [0.25, 0.3) is 0 Å². The Hall–Kier alpha value is 0. The summed E-state index contributed by atoms with van der Waals surface area (Å²) >= 11 is 0. The van der Waals surface area contributed by atoms with Gasteiger partial charge in [0.15, 0.2) is 0 Å². The van der Waals surface area contributed by atoms with Gasteiger partial charge in [0.25, 0.3) is 0 Å². The van der Waals surface area contributed by atoms with Gasteiger partial charge in [-0.2, -0.15) is 0 Å². The summed E-state index contributed by atoms with van der Waals surface area (Å²) < 4.78 is 0. The summed E-state index contributed by atoms with van der Waals surface area (Å²) in [5.41, 5.74) is 0.940. The van der Waals surface area contributed by atoms with Gasteiger partial charge in [-0.1, -0.05) is 55.4 Å². The van der Waals surface area contributed by atoms with E-state index in [0.29, 0.717) is 10.8 Å². The van der Waals surface area contributed by atoms with Crippen molar-refractivity contribution in [2.45, 2.75) is 68.2 Å². The maximum Gasteiger partial charge on any atom is -0.0357 e. The first-order valence-electron chi connectivity index (χ1n) is 6.05. The SMILES string of the molecule is C[C@H](CC[C@@H](C)C(C)(C)C)C(C)(C)C. The molecule has 0 unspecified atom stereocenters. The van der Waals surface area contributed by atoms with E-state index in [4.69, 9.17) is 0 Å². The minimum Gasteiger partial charge on any atom is -0.0620 e. The van der Waals surface area contributed by atoms with Crippen LogP contribution < -0.4 is 0 Å². The maximum absolute atomic E-state index is 2.38. The molecule has 0 saturated carbocycles. The van der Waals surface area contributed by atoms with E-state index in [1.165, 1.54) is 12.8 Å². The summed E-state index contributed by atoms with van der Waals surface area (Å²) in [4.78, 5) is 0. The normalized spacial score (nSPS) is 18.0. The average molecular weight is 198 g/mol. The monoisotopic (exact) mass is 198 g/mol. The van der Waals surface area contributed by atoms with Crippen molar-refractivity contribution in [3.63, 3.8) is 0 Å². The maximum atomic E-state index is 2.38. The molecule has 0 aliphatic heterocycles. The number of rotatable bonds is 3. The van der Waals surface area contributed by atoms with Crippen molar-refractivity contribution in [1.29, 1.82) is 0 Å². The first kappa shape index (κ1) is 14.0. The summed E-state index contributed by atoms with van der Waals surface area (Å²) in [6, 6.07) is 0. The highest BCUT2D eigenvalue weighted by atomic mass is 14.3. The number of hydrogen-bond donors (Lipinski definition) is 0. The molecule has 0 spiro atoms. The Bertz CT molecular complexity index is 134. The molecular formula is C14H30. The fourth-order valence-corrected chi connectivity index (χ4v) is 1.37. The molecule has 0 N–H and O–H groups in total. The van der Waals surface area contributed by atoms with Crippen LogP contribution in [0.4, 0.5) is 0 Å². The molecule has 0 fully saturated rings. The van der Waals surface area contributed by atoms with E-state index in [9.17, 15) is 0 Å². The Balaban J connectivity index is 3.96. The third-order valence-corrected chi connectivity index (χ3v) is 3.99. The van der Waals surface area contributed by atoms with Gasteiger partial charge in [-0.05, 0) is 35.5 Å². The topological polar surface area (TPSA) is 0 Å². The second-order valence-corrected chi connectivity index (χ2v) is 7.11. The Labute approximate surface area is 91.5 Å². The van der Waals surface area contributed by atoms with E-state index in [1.807, 2.05) is 0 Å². The standard InChI is InChI=1S/C14H30/c1-11(13(3,4)5)9-10-12(2)14(6,7)8/h11-12H,9-10H2,1-8H3/t11-,12-/m1/s1. The quantitative estimate of drug-likeness (QED) is 0.589. The molecule has 0 aromatic carbocycles. The van der Waals surface area contributed by atoms with Gasteiger partial charge < -0.3 is 0 Å². The molecule has 0 saturated heterocycles. The minimum atomic E-state index is 0.470. The summed E-state index contributed by atoms with van der Waals surface area (Å²) in [5.74, 6) is 1.65. The van der Waals surface area contributed by atoms with Gasteiger partial charge in [-0.25, -0.2) is 0 Å². The van der Waals surface area contributed by atoms with Crippen molar-refractivity contribution in [1.82, 2.24) is 0 Å². The smallest absolute Gasteiger partial charge is 0.0357 e. The molecule has 0 aromatic rings. The Morgan fingerprint density at radius 3 is 1.00 bits per heavy atom. The molecule has 0 aliphatic rings. The van der Waals surface area contributed by atoms with E-state index in [1.54, 1.807) is 0 Å². The lowest BCUT2D eigenvalue weighted by Gasteiger charge is -2.32. The molecule has 0 radical (unpaired) electrons. The highest BCUT2D eigenvalue weighted by molar-refractivity contribution is 4.74. The molecule has 0 bridgehead atoms. The van der Waals surface area contributed by atoms with Crippen molar-refractivity contribution >= 4 is 0 Å². The van der Waals surface area contributed by atoms with E-state index >= 15 is 0 Å². The lowest BCUT2D eigenvalue weighted by molar-refractivity contribution is 0.189. The van der Waals surface area contributed by atoms with Gasteiger partial charge >= 0.3 is 0 Å². The third-order valence-electron chi connectivity index (χ3n) is 3.99. The van der Waals surface area contributed by atoms with Crippen molar-refractivity contribution < 1.29 is 0 Å². The molecule has 86 valence electrons. The number of hydrogen-bond acceptors (Lipinski definition) is 0. The van der Waals surface area contributed by atoms with E-state index in [-0.39, 0.29) is 0 Å². The predicted octanol–water partition coefficient (Wildman–Crippen LogP) is 5.13. The van der Waals surface area contributed by atoms with Gasteiger partial charge in [-0.15, -0.1) is 0 Å². The van der Waals surface area contributed by atoms with Crippen LogP contribution in [0.5, 0.6) is 0 Å². The molecule has 0 aliphatic carbocycles. The fourth-order valence-electron chi connectivity index (χ4n) is 1.37. The van der Waals surface area contributed by atoms with E-state index in [2.05, 4.69) is 55.4 Å². The van der Waals surface area contributed by atoms with Crippen LogP contribution in [0.1, 0.15) is 68.2 Å². The van der Waals surface area contributed by atoms with Crippen LogP contribution in [-0.2, 0) is 0 Å². The highest BCUT2D eigenvalue weighted by Gasteiger charge is 2.24. The van der Waals surface area contributed by atoms with Gasteiger partial charge in [0, 0.05) is 0 Å². The molecule has 0 heteroatoms. The average Bonchev–Trinajstić information content (AvgIpc) is 1.95. The lowest BCUT2D eigenvalue weighted by Crippen LogP contribution is -2.22. The predicted molar refractivity (Wildman–Crippen MR) is 66.5 cm³/mol. The van der Waals surface area contributed by atoms with E-state index in [0.717, 1.165) is 11.8 Å². The summed E-state index contributed by atoms with van der Waals surface area (Å²) in [7, 11) is 0. The summed E-state index contributed by atoms with van der Waals surface area (Å²) in [6.07, 6.45) is 2.73. The van der Waals surface area contributed by atoms with E-state index < -0.39 is 0 Å². The van der Waals surface area contributed by atoms with Crippen molar-refractivity contribution in [2.24, 2.45) is 22.7 Å². The lowest BCUT2D eigenvalue weighted by atomic mass is 9.74. The molecule has 14 heavy (non-hydrogen) atoms. The largest absolute Gasteiger partial charge is 0.0620 e. The van der Waals surface area contributed by atoms with Crippen LogP contribution in [0.2, 0.25) is 0 Å². The van der Waals surface area contributed by atoms with Crippen LogP contribution >= 0.6 is 0 Å². The second kappa shape index (κ2) is 4.68. The zero-order valence-electron chi connectivity index (χ0n) is 11.6. The summed E-state index contributed by atoms with van der Waals surface area (Å²) in [5, 5.41) is 0. The van der Waals surface area contributed by atoms with Gasteiger partial charge in [0.1, 0.15) is 0 Å². The Morgan fingerprint density at radius 1 is 0.643 bits per heavy atom. The van der Waals surface area contributed by atoms with Crippen LogP contribution in [0, 0.1) is 22.7 Å². The highest BCUT2D eigenvalue weighted by Crippen LogP contribution is 2.34. The third kappa shape index (κ3) is 5.02. The molecule has 0 aromatic heterocycles. The molecule has 0 heterocycles. The molecule has 0 amide bonds. The minimum absolute atomic E-state index is 0.470. The fraction of sp³-hybridized carbons (Fsp3) is 1.00. The van der Waals surface area contributed by atoms with Crippen molar-refractivity contribution in [2.75, 3.05) is 0 Å². The van der Waals surface area contributed by atoms with Gasteiger partial charge in [-0.3, -0.25) is 0 Å². The molecule has 0 nitrogen and oxygen atoms in total. The first-order valence-corrected chi connectivity index (χ1v) is 6.05. The van der Waals surface area contributed by atoms with Crippen LogP contribution in [-0.4, -0.2) is 0 Å². The Kier molecular flexibility index (Phi) is 4.68. The van der Waals surface area contributed by atoms with Crippen LogP contribution in [0.15, 0.2) is 0 Å². The van der Waals surface area contributed by atoms with Crippen molar-refractivity contribution in [3.05, 3.63) is 0 Å². The zero-order chi connectivity index (χ0) is 11.6. The van der Waals surface area contributed by atoms with Crippen molar-refractivity contribution in [3.8, 4) is 0 Å². The second-order valence-electron chi connectivity index (χ2n) is 7.11. The molecular weight excluding hydrogens is 168 g/mol. The van der Waals surface area contributed by atoms with Gasteiger partial charge in [0.05, 0.1) is 0 Å². The van der Waals surface area contributed by atoms with Crippen LogP contribution in [0.3, 0.4) is 0 Å². The molecule has 0 rings (SSSR count). The van der Waals surface area contributed by atoms with Gasteiger partial charge in [0.2, 0.25) is 0 Å². The molecule has 2 atom stereocenters.